The minimum Gasteiger partial charge on any atom is -0.488 e. The Hall–Kier alpha value is -3.35. The highest BCUT2D eigenvalue weighted by molar-refractivity contribution is 6.33. The fourth-order valence-corrected chi connectivity index (χ4v) is 3.44. The second-order valence-electron chi connectivity index (χ2n) is 7.86. The number of halogens is 2. The van der Waals surface area contributed by atoms with Crippen LogP contribution < -0.4 is 15.5 Å². The summed E-state index contributed by atoms with van der Waals surface area (Å²) in [5, 5.41) is 7.78. The molecule has 0 saturated heterocycles. The molecule has 2 N–H and O–H groups in total. The van der Waals surface area contributed by atoms with E-state index in [1.807, 2.05) is 50.2 Å². The molecule has 1 unspecified atom stereocenters. The number of hydrogen-bond donors (Lipinski definition) is 2. The Bertz CT molecular complexity index is 1160. The van der Waals surface area contributed by atoms with Gasteiger partial charge in [0.15, 0.2) is 0 Å². The zero-order chi connectivity index (χ0) is 24.5. The molecule has 2 amide bonds. The molecule has 3 aromatic carbocycles. The van der Waals surface area contributed by atoms with Gasteiger partial charge in [-0.05, 0) is 47.9 Å². The SMILES string of the molecule is CC(C)C(NC(=O)c1ccccc1Cl)C(=O)NN=Cc1ccccc1OCc1ccc(Cl)cc1. The van der Waals surface area contributed by atoms with Gasteiger partial charge >= 0.3 is 0 Å². The van der Waals surface area contributed by atoms with E-state index in [4.69, 9.17) is 27.9 Å². The molecule has 176 valence electrons. The van der Waals surface area contributed by atoms with Crippen molar-refractivity contribution in [2.24, 2.45) is 11.0 Å². The average Bonchev–Trinajstić information content (AvgIpc) is 2.82. The summed E-state index contributed by atoms with van der Waals surface area (Å²) in [6.07, 6.45) is 1.50. The van der Waals surface area contributed by atoms with Crippen molar-refractivity contribution in [3.8, 4) is 5.75 Å². The van der Waals surface area contributed by atoms with Crippen molar-refractivity contribution in [2.75, 3.05) is 0 Å². The van der Waals surface area contributed by atoms with Gasteiger partial charge in [-0.1, -0.05) is 73.4 Å². The van der Waals surface area contributed by atoms with Crippen LogP contribution in [0.15, 0.2) is 77.9 Å². The lowest BCUT2D eigenvalue weighted by atomic mass is 10.0. The van der Waals surface area contributed by atoms with Gasteiger partial charge in [-0.25, -0.2) is 5.43 Å². The number of carbonyl (C=O) groups excluding carboxylic acids is 2. The number of nitrogens with one attached hydrogen (secondary N) is 2. The summed E-state index contributed by atoms with van der Waals surface area (Å²) in [7, 11) is 0. The molecule has 3 rings (SSSR count). The number of para-hydroxylation sites is 1. The van der Waals surface area contributed by atoms with E-state index in [-0.39, 0.29) is 5.92 Å². The maximum Gasteiger partial charge on any atom is 0.262 e. The van der Waals surface area contributed by atoms with E-state index < -0.39 is 17.9 Å². The van der Waals surface area contributed by atoms with Crippen LogP contribution in [0.5, 0.6) is 5.75 Å². The maximum atomic E-state index is 12.7. The van der Waals surface area contributed by atoms with Gasteiger partial charge in [0.2, 0.25) is 0 Å². The topological polar surface area (TPSA) is 79.8 Å². The first-order valence-electron chi connectivity index (χ1n) is 10.7. The first-order chi connectivity index (χ1) is 16.3. The van der Waals surface area contributed by atoms with Crippen LogP contribution in [0, 0.1) is 5.92 Å². The maximum absolute atomic E-state index is 12.7. The zero-order valence-electron chi connectivity index (χ0n) is 18.8. The molecule has 3 aromatic rings. The smallest absolute Gasteiger partial charge is 0.262 e. The minimum absolute atomic E-state index is 0.170. The zero-order valence-corrected chi connectivity index (χ0v) is 20.3. The molecule has 0 saturated carbocycles. The summed E-state index contributed by atoms with van der Waals surface area (Å²) in [5.41, 5.74) is 4.47. The van der Waals surface area contributed by atoms with Crippen molar-refractivity contribution in [1.82, 2.24) is 10.7 Å². The van der Waals surface area contributed by atoms with Gasteiger partial charge in [-0.15, -0.1) is 0 Å². The standard InChI is InChI=1S/C26H25Cl2N3O3/c1-17(2)24(30-25(32)21-8-4-5-9-22(21)28)26(33)31-29-15-19-7-3-6-10-23(19)34-16-18-11-13-20(27)14-12-18/h3-15,17,24H,16H2,1-2H3,(H,30,32)(H,31,33). The Labute approximate surface area is 208 Å². The van der Waals surface area contributed by atoms with Gasteiger partial charge in [0.05, 0.1) is 16.8 Å². The number of benzene rings is 3. The molecule has 1 atom stereocenters. The molecule has 0 aliphatic heterocycles. The fourth-order valence-electron chi connectivity index (χ4n) is 3.09. The number of nitrogens with zero attached hydrogens (tertiary/aromatic N) is 1. The second kappa shape index (κ2) is 12.2. The Morgan fingerprint density at radius 1 is 0.971 bits per heavy atom. The van der Waals surface area contributed by atoms with E-state index in [2.05, 4.69) is 15.8 Å². The van der Waals surface area contributed by atoms with Crippen molar-refractivity contribution in [3.05, 3.63) is 99.5 Å². The van der Waals surface area contributed by atoms with Crippen LogP contribution in [0.4, 0.5) is 0 Å². The molecule has 34 heavy (non-hydrogen) atoms. The highest BCUT2D eigenvalue weighted by Crippen LogP contribution is 2.19. The summed E-state index contributed by atoms with van der Waals surface area (Å²) >= 11 is 12.0. The number of hydrazone groups is 1. The number of ether oxygens (including phenoxy) is 1. The predicted octanol–water partition coefficient (Wildman–Crippen LogP) is 5.48. The lowest BCUT2D eigenvalue weighted by Gasteiger charge is -2.20. The van der Waals surface area contributed by atoms with Crippen molar-refractivity contribution < 1.29 is 14.3 Å². The van der Waals surface area contributed by atoms with E-state index in [0.717, 1.165) is 5.56 Å². The van der Waals surface area contributed by atoms with Crippen molar-refractivity contribution in [1.29, 1.82) is 0 Å². The summed E-state index contributed by atoms with van der Waals surface area (Å²) in [6, 6.07) is 20.6. The quantitative estimate of drug-likeness (QED) is 0.303. The van der Waals surface area contributed by atoms with E-state index in [0.29, 0.717) is 33.5 Å². The van der Waals surface area contributed by atoms with E-state index in [1.54, 1.807) is 36.4 Å². The van der Waals surface area contributed by atoms with E-state index in [9.17, 15) is 9.59 Å². The third kappa shape index (κ3) is 7.07. The summed E-state index contributed by atoms with van der Waals surface area (Å²) in [6.45, 7) is 4.03. The molecule has 0 fully saturated rings. The summed E-state index contributed by atoms with van der Waals surface area (Å²) in [5.74, 6) is -0.421. The molecule has 0 aliphatic rings. The third-order valence-corrected chi connectivity index (χ3v) is 5.54. The Balaban J connectivity index is 1.63. The molecular weight excluding hydrogens is 473 g/mol. The average molecular weight is 498 g/mol. The Kier molecular flexibility index (Phi) is 9.08. The normalized spacial score (nSPS) is 11.9. The lowest BCUT2D eigenvalue weighted by Crippen LogP contribution is -2.48. The molecule has 0 radical (unpaired) electrons. The van der Waals surface area contributed by atoms with Gasteiger partial charge < -0.3 is 10.1 Å². The third-order valence-electron chi connectivity index (χ3n) is 4.96. The highest BCUT2D eigenvalue weighted by Gasteiger charge is 2.25. The van der Waals surface area contributed by atoms with Gasteiger partial charge in [0, 0.05) is 10.6 Å². The molecule has 8 heteroatoms. The number of amides is 2. The van der Waals surface area contributed by atoms with Crippen LogP contribution in [0.3, 0.4) is 0 Å². The van der Waals surface area contributed by atoms with Crippen LogP contribution in [-0.2, 0) is 11.4 Å². The number of carbonyl (C=O) groups is 2. The first-order valence-corrected chi connectivity index (χ1v) is 11.5. The Morgan fingerprint density at radius 3 is 2.35 bits per heavy atom. The van der Waals surface area contributed by atoms with Crippen molar-refractivity contribution in [3.63, 3.8) is 0 Å². The monoisotopic (exact) mass is 497 g/mol. The van der Waals surface area contributed by atoms with Crippen LogP contribution >= 0.6 is 23.2 Å². The molecule has 0 aliphatic carbocycles. The van der Waals surface area contributed by atoms with Gasteiger partial charge in [-0.3, -0.25) is 9.59 Å². The van der Waals surface area contributed by atoms with Crippen LogP contribution in [0.1, 0.15) is 35.3 Å². The molecule has 6 nitrogen and oxygen atoms in total. The van der Waals surface area contributed by atoms with Crippen molar-refractivity contribution >= 4 is 41.2 Å². The number of rotatable bonds is 9. The van der Waals surface area contributed by atoms with Gasteiger partial charge in [0.1, 0.15) is 18.4 Å². The van der Waals surface area contributed by atoms with Crippen LogP contribution in [-0.4, -0.2) is 24.1 Å². The van der Waals surface area contributed by atoms with E-state index >= 15 is 0 Å². The van der Waals surface area contributed by atoms with Gasteiger partial charge in [-0.2, -0.15) is 5.10 Å². The van der Waals surface area contributed by atoms with Crippen molar-refractivity contribution in [2.45, 2.75) is 26.5 Å². The highest BCUT2D eigenvalue weighted by atomic mass is 35.5. The second-order valence-corrected chi connectivity index (χ2v) is 8.71. The molecule has 0 heterocycles. The van der Waals surface area contributed by atoms with Gasteiger partial charge in [0.25, 0.3) is 11.8 Å². The van der Waals surface area contributed by atoms with E-state index in [1.165, 1.54) is 6.21 Å². The fraction of sp³-hybridized carbons (Fsp3) is 0.192. The lowest BCUT2D eigenvalue weighted by molar-refractivity contribution is -0.123. The number of hydrogen-bond acceptors (Lipinski definition) is 4. The van der Waals surface area contributed by atoms with Crippen LogP contribution in [0.2, 0.25) is 10.0 Å². The molecule has 0 bridgehead atoms. The minimum atomic E-state index is -0.794. The molecule has 0 aromatic heterocycles. The summed E-state index contributed by atoms with van der Waals surface area (Å²) in [4.78, 5) is 25.3. The molecular formula is C26H25Cl2N3O3. The Morgan fingerprint density at radius 2 is 1.65 bits per heavy atom. The first kappa shape index (κ1) is 25.3. The predicted molar refractivity (Wildman–Crippen MR) is 136 cm³/mol. The largest absolute Gasteiger partial charge is 0.488 e. The van der Waals surface area contributed by atoms with Crippen LogP contribution in [0.25, 0.3) is 0 Å². The molecule has 0 spiro atoms. The summed E-state index contributed by atoms with van der Waals surface area (Å²) < 4.78 is 5.90.